The van der Waals surface area contributed by atoms with Crippen LogP contribution in [0.1, 0.15) is 63.9 Å². The maximum Gasteiger partial charge on any atom is 0.323 e. The van der Waals surface area contributed by atoms with Gasteiger partial charge in [0.15, 0.2) is 0 Å². The molecule has 0 N–H and O–H groups in total. The standard InChI is InChI=1S/C22H39NO3Si2/c1-6-7-8-9-10-11-12-13-14-15-19-24-27(2,3)26-28(4,5)25-21-22-17-16-18-23-20-22/h16-18,20H,6,9-15,19,21H2,1-5H3. The predicted molar refractivity (Wildman–Crippen MR) is 121 cm³/mol. The maximum atomic E-state index is 6.34. The molecule has 0 atom stereocenters. The highest BCUT2D eigenvalue weighted by atomic mass is 28.5. The number of hydrogen-bond donors (Lipinski definition) is 0. The van der Waals surface area contributed by atoms with E-state index in [0.717, 1.165) is 31.4 Å². The van der Waals surface area contributed by atoms with Crippen molar-refractivity contribution in [2.24, 2.45) is 0 Å². The number of aromatic nitrogens is 1. The van der Waals surface area contributed by atoms with Gasteiger partial charge in [-0.15, -0.1) is 11.8 Å². The van der Waals surface area contributed by atoms with Gasteiger partial charge in [-0.2, -0.15) is 0 Å². The molecule has 1 heterocycles. The number of rotatable bonds is 14. The molecule has 4 nitrogen and oxygen atoms in total. The largest absolute Gasteiger partial charge is 0.415 e. The van der Waals surface area contributed by atoms with Crippen molar-refractivity contribution in [2.75, 3.05) is 6.61 Å². The molecule has 0 aliphatic heterocycles. The van der Waals surface area contributed by atoms with Crippen molar-refractivity contribution < 1.29 is 13.0 Å². The van der Waals surface area contributed by atoms with E-state index >= 15 is 0 Å². The number of hydrogen-bond acceptors (Lipinski definition) is 4. The lowest BCUT2D eigenvalue weighted by molar-refractivity contribution is 0.187. The lowest BCUT2D eigenvalue weighted by atomic mass is 10.1. The predicted octanol–water partition coefficient (Wildman–Crippen LogP) is 6.18. The minimum atomic E-state index is -2.22. The lowest BCUT2D eigenvalue weighted by Gasteiger charge is -2.32. The van der Waals surface area contributed by atoms with E-state index in [1.54, 1.807) is 6.20 Å². The zero-order chi connectivity index (χ0) is 20.7. The summed E-state index contributed by atoms with van der Waals surface area (Å²) >= 11 is 0. The van der Waals surface area contributed by atoms with E-state index in [2.05, 4.69) is 49.9 Å². The van der Waals surface area contributed by atoms with Crippen molar-refractivity contribution in [1.82, 2.24) is 4.98 Å². The second-order valence-electron chi connectivity index (χ2n) is 7.98. The molecule has 0 saturated heterocycles. The zero-order valence-electron chi connectivity index (χ0n) is 18.6. The first kappa shape index (κ1) is 25.1. The zero-order valence-corrected chi connectivity index (χ0v) is 20.6. The van der Waals surface area contributed by atoms with E-state index < -0.39 is 17.1 Å². The van der Waals surface area contributed by atoms with Crippen LogP contribution in [-0.2, 0) is 19.6 Å². The second kappa shape index (κ2) is 14.1. The van der Waals surface area contributed by atoms with Crippen LogP contribution in [0.3, 0.4) is 0 Å². The average Bonchev–Trinajstić information content (AvgIpc) is 2.64. The van der Waals surface area contributed by atoms with Crippen LogP contribution in [0.25, 0.3) is 0 Å². The van der Waals surface area contributed by atoms with Crippen LogP contribution in [0.4, 0.5) is 0 Å². The van der Waals surface area contributed by atoms with Gasteiger partial charge in [-0.3, -0.25) is 4.98 Å². The summed E-state index contributed by atoms with van der Waals surface area (Å²) in [5, 5.41) is 0. The summed E-state index contributed by atoms with van der Waals surface area (Å²) in [6, 6.07) is 3.95. The first-order valence-corrected chi connectivity index (χ1v) is 16.3. The highest BCUT2D eigenvalue weighted by molar-refractivity contribution is 6.78. The molecule has 1 aromatic heterocycles. The van der Waals surface area contributed by atoms with Crippen molar-refractivity contribution in [3.05, 3.63) is 30.1 Å². The molecule has 0 bridgehead atoms. The van der Waals surface area contributed by atoms with E-state index in [1.165, 1.54) is 32.1 Å². The Morgan fingerprint density at radius 1 is 0.893 bits per heavy atom. The summed E-state index contributed by atoms with van der Waals surface area (Å²) in [6.45, 7) is 11.8. The molecule has 0 fully saturated rings. The van der Waals surface area contributed by atoms with Crippen LogP contribution in [0.5, 0.6) is 0 Å². The molecule has 0 aromatic carbocycles. The highest BCUT2D eigenvalue weighted by Crippen LogP contribution is 2.19. The van der Waals surface area contributed by atoms with Crippen molar-refractivity contribution in [1.29, 1.82) is 0 Å². The molecular weight excluding hydrogens is 382 g/mol. The number of pyridine rings is 1. The summed E-state index contributed by atoms with van der Waals surface area (Å²) in [5.41, 5.74) is 1.07. The van der Waals surface area contributed by atoms with Gasteiger partial charge < -0.3 is 13.0 Å². The molecule has 158 valence electrons. The Kier molecular flexibility index (Phi) is 12.6. The molecule has 0 unspecified atom stereocenters. The monoisotopic (exact) mass is 421 g/mol. The Morgan fingerprint density at radius 3 is 2.25 bits per heavy atom. The van der Waals surface area contributed by atoms with Gasteiger partial charge in [-0.25, -0.2) is 0 Å². The molecule has 28 heavy (non-hydrogen) atoms. The summed E-state index contributed by atoms with van der Waals surface area (Å²) in [4.78, 5) is 4.13. The fraction of sp³-hybridized carbons (Fsp3) is 0.682. The van der Waals surface area contributed by atoms with Crippen LogP contribution in [0.2, 0.25) is 26.2 Å². The van der Waals surface area contributed by atoms with Crippen LogP contribution < -0.4 is 0 Å². The highest BCUT2D eigenvalue weighted by Gasteiger charge is 2.36. The van der Waals surface area contributed by atoms with E-state index in [0.29, 0.717) is 6.61 Å². The van der Waals surface area contributed by atoms with Crippen LogP contribution in [0.15, 0.2) is 24.5 Å². The molecule has 0 radical (unpaired) electrons. The molecule has 1 aromatic rings. The number of nitrogens with zero attached hydrogens (tertiary/aromatic N) is 1. The maximum absolute atomic E-state index is 6.34. The first-order valence-electron chi connectivity index (χ1n) is 10.7. The molecule has 0 aliphatic carbocycles. The second-order valence-corrected chi connectivity index (χ2v) is 15.0. The minimum Gasteiger partial charge on any atom is -0.415 e. The van der Waals surface area contributed by atoms with E-state index in [-0.39, 0.29) is 0 Å². The Bertz CT molecular complexity index is 582. The third kappa shape index (κ3) is 13.2. The van der Waals surface area contributed by atoms with E-state index in [9.17, 15) is 0 Å². The molecular formula is C22H39NO3Si2. The summed E-state index contributed by atoms with van der Waals surface area (Å²) in [5.74, 6) is 6.34. The van der Waals surface area contributed by atoms with Crippen LogP contribution in [-0.4, -0.2) is 28.7 Å². The fourth-order valence-corrected chi connectivity index (χ4v) is 9.30. The Balaban J connectivity index is 2.12. The van der Waals surface area contributed by atoms with Crippen molar-refractivity contribution in [3.8, 4) is 11.8 Å². The van der Waals surface area contributed by atoms with Gasteiger partial charge in [-0.1, -0.05) is 38.7 Å². The Morgan fingerprint density at radius 2 is 1.57 bits per heavy atom. The van der Waals surface area contributed by atoms with Gasteiger partial charge in [0.05, 0.1) is 6.61 Å². The van der Waals surface area contributed by atoms with E-state index in [1.807, 2.05) is 18.3 Å². The minimum absolute atomic E-state index is 0.543. The van der Waals surface area contributed by atoms with Gasteiger partial charge in [0.2, 0.25) is 0 Å². The average molecular weight is 422 g/mol. The summed E-state index contributed by atoms with van der Waals surface area (Å²) < 4.78 is 18.5. The molecule has 0 saturated carbocycles. The van der Waals surface area contributed by atoms with Crippen molar-refractivity contribution in [2.45, 2.75) is 91.1 Å². The van der Waals surface area contributed by atoms with Crippen molar-refractivity contribution in [3.63, 3.8) is 0 Å². The summed E-state index contributed by atoms with van der Waals surface area (Å²) in [6.07, 6.45) is 13.1. The van der Waals surface area contributed by atoms with Gasteiger partial charge >= 0.3 is 17.1 Å². The normalized spacial score (nSPS) is 11.9. The quantitative estimate of drug-likeness (QED) is 0.204. The molecule has 1 rings (SSSR count). The fourth-order valence-electron chi connectivity index (χ4n) is 2.95. The topological polar surface area (TPSA) is 40.6 Å². The van der Waals surface area contributed by atoms with E-state index in [4.69, 9.17) is 13.0 Å². The smallest absolute Gasteiger partial charge is 0.323 e. The van der Waals surface area contributed by atoms with Gasteiger partial charge in [-0.05, 0) is 50.7 Å². The lowest BCUT2D eigenvalue weighted by Crippen LogP contribution is -2.48. The van der Waals surface area contributed by atoms with Crippen molar-refractivity contribution >= 4 is 17.1 Å². The summed E-state index contributed by atoms with van der Waals surface area (Å²) in [7, 11) is -4.39. The third-order valence-corrected chi connectivity index (χ3v) is 9.92. The molecule has 0 spiro atoms. The Labute approximate surface area is 174 Å². The van der Waals surface area contributed by atoms with Crippen LogP contribution in [0, 0.1) is 11.8 Å². The Hall–Kier alpha value is -0.976. The molecule has 6 heteroatoms. The van der Waals surface area contributed by atoms with Gasteiger partial charge in [0.1, 0.15) is 0 Å². The first-order chi connectivity index (χ1) is 13.3. The van der Waals surface area contributed by atoms with Gasteiger partial charge in [0, 0.05) is 31.8 Å². The molecule has 0 aliphatic rings. The molecule has 0 amide bonds. The van der Waals surface area contributed by atoms with Gasteiger partial charge in [0.25, 0.3) is 0 Å². The number of unbranched alkanes of at least 4 members (excludes halogenated alkanes) is 6. The third-order valence-electron chi connectivity index (χ3n) is 4.25. The van der Waals surface area contributed by atoms with Crippen LogP contribution >= 0.6 is 0 Å². The SMILES string of the molecule is CCC#CCCCCCCCCO[Si](C)(C)O[Si](C)(C)OCc1cccnc1.